The standard InChI is InChI=1S/C7H11ClINO/c8-7(9)4-2-1-3-6(11)10-5-7/h1-5H2,(H,10,11). The van der Waals surface area contributed by atoms with Crippen LogP contribution in [0.1, 0.15) is 25.7 Å². The van der Waals surface area contributed by atoms with E-state index >= 15 is 0 Å². The number of hydrogen-bond donors (Lipinski definition) is 1. The van der Waals surface area contributed by atoms with Gasteiger partial charge in [-0.15, -0.1) is 11.6 Å². The Morgan fingerprint density at radius 2 is 2.27 bits per heavy atom. The molecule has 64 valence electrons. The van der Waals surface area contributed by atoms with Crippen molar-refractivity contribution < 1.29 is 4.79 Å². The van der Waals surface area contributed by atoms with E-state index in [1.807, 2.05) is 0 Å². The van der Waals surface area contributed by atoms with E-state index in [4.69, 9.17) is 11.6 Å². The molecular formula is C7H11ClINO. The number of carbonyl (C=O) groups is 1. The average molecular weight is 288 g/mol. The second-order valence-corrected chi connectivity index (χ2v) is 6.27. The number of nitrogens with one attached hydrogen (secondary N) is 1. The van der Waals surface area contributed by atoms with Gasteiger partial charge in [0.15, 0.2) is 0 Å². The lowest BCUT2D eigenvalue weighted by molar-refractivity contribution is -0.121. The molecule has 1 atom stereocenters. The smallest absolute Gasteiger partial charge is 0.220 e. The lowest BCUT2D eigenvalue weighted by Gasteiger charge is -2.22. The van der Waals surface area contributed by atoms with Crippen LogP contribution in [0, 0.1) is 0 Å². The quantitative estimate of drug-likeness (QED) is 0.536. The van der Waals surface area contributed by atoms with Crippen molar-refractivity contribution in [3.8, 4) is 0 Å². The highest BCUT2D eigenvalue weighted by Crippen LogP contribution is 2.30. The van der Waals surface area contributed by atoms with Gasteiger partial charge in [0.1, 0.15) is 2.88 Å². The Balaban J connectivity index is 2.44. The summed E-state index contributed by atoms with van der Waals surface area (Å²) < 4.78 is -0.256. The van der Waals surface area contributed by atoms with Gasteiger partial charge in [0.2, 0.25) is 5.91 Å². The minimum absolute atomic E-state index is 0.131. The van der Waals surface area contributed by atoms with Crippen LogP contribution in [0.15, 0.2) is 0 Å². The number of hydrogen-bond acceptors (Lipinski definition) is 1. The molecule has 0 aromatic rings. The third kappa shape index (κ3) is 3.60. The summed E-state index contributed by atoms with van der Waals surface area (Å²) in [5, 5.41) is 2.80. The van der Waals surface area contributed by atoms with Crippen LogP contribution >= 0.6 is 34.2 Å². The molecule has 1 aliphatic heterocycles. The highest BCUT2D eigenvalue weighted by molar-refractivity contribution is 14.1. The Morgan fingerprint density at radius 3 is 3.00 bits per heavy atom. The highest BCUT2D eigenvalue weighted by Gasteiger charge is 2.24. The van der Waals surface area contributed by atoms with E-state index in [1.54, 1.807) is 0 Å². The Labute approximate surface area is 85.2 Å². The number of halogens is 2. The van der Waals surface area contributed by atoms with E-state index in [2.05, 4.69) is 27.9 Å². The molecule has 0 radical (unpaired) electrons. The first kappa shape index (κ1) is 9.58. The van der Waals surface area contributed by atoms with Crippen molar-refractivity contribution in [1.82, 2.24) is 5.32 Å². The SMILES string of the molecule is O=C1CCCCC(Cl)(I)CN1. The fourth-order valence-corrected chi connectivity index (χ4v) is 1.85. The molecule has 0 saturated carbocycles. The molecule has 0 spiro atoms. The first-order chi connectivity index (χ1) is 5.10. The first-order valence-electron chi connectivity index (χ1n) is 3.75. The second-order valence-electron chi connectivity index (χ2n) is 2.84. The maximum Gasteiger partial charge on any atom is 0.220 e. The summed E-state index contributed by atoms with van der Waals surface area (Å²) >= 11 is 8.28. The molecule has 0 bridgehead atoms. The van der Waals surface area contributed by atoms with E-state index in [0.717, 1.165) is 19.3 Å². The molecule has 0 aliphatic carbocycles. The number of alkyl halides is 2. The lowest BCUT2D eigenvalue weighted by atomic mass is 10.1. The molecule has 1 heterocycles. The molecule has 2 nitrogen and oxygen atoms in total. The molecule has 1 amide bonds. The zero-order chi connectivity index (χ0) is 8.32. The topological polar surface area (TPSA) is 29.1 Å². The third-order valence-electron chi connectivity index (χ3n) is 1.74. The Kier molecular flexibility index (Phi) is 3.43. The summed E-state index contributed by atoms with van der Waals surface area (Å²) in [5.41, 5.74) is 0. The van der Waals surface area contributed by atoms with Crippen molar-refractivity contribution in [2.45, 2.75) is 28.6 Å². The Morgan fingerprint density at radius 1 is 1.55 bits per heavy atom. The maximum absolute atomic E-state index is 11.0. The monoisotopic (exact) mass is 287 g/mol. The van der Waals surface area contributed by atoms with Crippen LogP contribution in [-0.2, 0) is 4.79 Å². The Bertz CT molecular complexity index is 161. The largest absolute Gasteiger partial charge is 0.354 e. The Hall–Kier alpha value is 0.490. The average Bonchev–Trinajstić information content (AvgIpc) is 1.92. The van der Waals surface area contributed by atoms with Crippen LogP contribution in [0.3, 0.4) is 0 Å². The molecule has 1 rings (SSSR count). The van der Waals surface area contributed by atoms with Gasteiger partial charge in [0.25, 0.3) is 0 Å². The predicted molar refractivity (Wildman–Crippen MR) is 54.1 cm³/mol. The van der Waals surface area contributed by atoms with Gasteiger partial charge >= 0.3 is 0 Å². The number of carbonyl (C=O) groups excluding carboxylic acids is 1. The second kappa shape index (κ2) is 3.94. The molecule has 1 unspecified atom stereocenters. The van der Waals surface area contributed by atoms with Gasteiger partial charge in [0, 0.05) is 13.0 Å². The van der Waals surface area contributed by atoms with Gasteiger partial charge in [-0.1, -0.05) is 29.0 Å². The van der Waals surface area contributed by atoms with Crippen molar-refractivity contribution in [3.05, 3.63) is 0 Å². The van der Waals surface area contributed by atoms with Gasteiger partial charge < -0.3 is 5.32 Å². The van der Waals surface area contributed by atoms with E-state index in [0.29, 0.717) is 13.0 Å². The number of amides is 1. The van der Waals surface area contributed by atoms with Crippen molar-refractivity contribution in [1.29, 1.82) is 0 Å². The number of rotatable bonds is 0. The molecule has 4 heteroatoms. The van der Waals surface area contributed by atoms with Gasteiger partial charge in [0.05, 0.1) is 0 Å². The first-order valence-corrected chi connectivity index (χ1v) is 5.20. The molecule has 1 saturated heterocycles. The molecule has 1 fully saturated rings. The third-order valence-corrected chi connectivity index (χ3v) is 2.98. The predicted octanol–water partition coefficient (Wildman–Crippen LogP) is 2.05. The summed E-state index contributed by atoms with van der Waals surface area (Å²) in [6.07, 6.45) is 3.65. The maximum atomic E-state index is 11.0. The van der Waals surface area contributed by atoms with Crippen LogP contribution in [-0.4, -0.2) is 15.3 Å². The van der Waals surface area contributed by atoms with Crippen molar-refractivity contribution in [3.63, 3.8) is 0 Å². The van der Waals surface area contributed by atoms with E-state index in [1.165, 1.54) is 0 Å². The highest BCUT2D eigenvalue weighted by atomic mass is 127. The van der Waals surface area contributed by atoms with Crippen LogP contribution in [0.5, 0.6) is 0 Å². The minimum atomic E-state index is -0.256. The minimum Gasteiger partial charge on any atom is -0.354 e. The van der Waals surface area contributed by atoms with Crippen molar-refractivity contribution in [2.24, 2.45) is 0 Å². The van der Waals surface area contributed by atoms with E-state index in [9.17, 15) is 4.79 Å². The normalized spacial score (nSPS) is 33.8. The molecule has 1 aliphatic rings. The van der Waals surface area contributed by atoms with Gasteiger partial charge in [-0.2, -0.15) is 0 Å². The molecular weight excluding hydrogens is 276 g/mol. The summed E-state index contributed by atoms with van der Waals surface area (Å²) in [6, 6.07) is 0. The van der Waals surface area contributed by atoms with E-state index < -0.39 is 0 Å². The summed E-state index contributed by atoms with van der Waals surface area (Å²) in [5.74, 6) is 0.131. The van der Waals surface area contributed by atoms with Gasteiger partial charge in [-0.25, -0.2) is 0 Å². The fourth-order valence-electron chi connectivity index (χ4n) is 1.07. The van der Waals surface area contributed by atoms with E-state index in [-0.39, 0.29) is 8.79 Å². The summed E-state index contributed by atoms with van der Waals surface area (Å²) in [6.45, 7) is 0.591. The molecule has 0 aromatic carbocycles. The summed E-state index contributed by atoms with van der Waals surface area (Å²) in [4.78, 5) is 11.0. The molecule has 1 N–H and O–H groups in total. The van der Waals surface area contributed by atoms with Gasteiger partial charge in [-0.05, 0) is 12.8 Å². The van der Waals surface area contributed by atoms with Crippen LogP contribution in [0.25, 0.3) is 0 Å². The van der Waals surface area contributed by atoms with Crippen LogP contribution < -0.4 is 5.32 Å². The summed E-state index contributed by atoms with van der Waals surface area (Å²) in [7, 11) is 0. The van der Waals surface area contributed by atoms with Crippen LogP contribution in [0.4, 0.5) is 0 Å². The van der Waals surface area contributed by atoms with Crippen molar-refractivity contribution in [2.75, 3.05) is 6.54 Å². The molecule has 11 heavy (non-hydrogen) atoms. The lowest BCUT2D eigenvalue weighted by Crippen LogP contribution is -2.36. The fraction of sp³-hybridized carbons (Fsp3) is 0.857. The molecule has 0 aromatic heterocycles. The zero-order valence-corrected chi connectivity index (χ0v) is 9.11. The van der Waals surface area contributed by atoms with Crippen molar-refractivity contribution >= 4 is 40.1 Å². The van der Waals surface area contributed by atoms with Gasteiger partial charge in [-0.3, -0.25) is 4.79 Å². The van der Waals surface area contributed by atoms with Crippen LogP contribution in [0.2, 0.25) is 0 Å². The zero-order valence-electron chi connectivity index (χ0n) is 6.20.